The van der Waals surface area contributed by atoms with Crippen molar-refractivity contribution in [3.8, 4) is 0 Å². The lowest BCUT2D eigenvalue weighted by molar-refractivity contribution is 0.205. The minimum Gasteiger partial charge on any atom is -0.393 e. The summed E-state index contributed by atoms with van der Waals surface area (Å²) in [5.41, 5.74) is 5.32. The quantitative estimate of drug-likeness (QED) is 0.689. The molecular formula is C11H18N4O2S. The Labute approximate surface area is 111 Å². The second-order valence-electron chi connectivity index (χ2n) is 3.89. The molecule has 0 atom stereocenters. The summed E-state index contributed by atoms with van der Waals surface area (Å²) in [7, 11) is 1.63. The molecule has 1 rings (SSSR count). The Hall–Kier alpha value is -1.47. The number of nitrogens with one attached hydrogen (secondary N) is 1. The summed E-state index contributed by atoms with van der Waals surface area (Å²) in [6.45, 7) is 3.54. The Morgan fingerprint density at radius 3 is 2.89 bits per heavy atom. The number of ether oxygens (including phenoxy) is 1. The molecule has 18 heavy (non-hydrogen) atoms. The minimum absolute atomic E-state index is 0.171. The number of nitrogens with two attached hydrogens (primary N) is 1. The van der Waals surface area contributed by atoms with Crippen molar-refractivity contribution in [1.82, 2.24) is 9.97 Å². The summed E-state index contributed by atoms with van der Waals surface area (Å²) in [6.07, 6.45) is 0.576. The summed E-state index contributed by atoms with van der Waals surface area (Å²) in [6, 6.07) is 1.46. The van der Waals surface area contributed by atoms with Gasteiger partial charge in [-0.05, 0) is 6.92 Å². The molecule has 0 aromatic carbocycles. The van der Waals surface area contributed by atoms with Crippen molar-refractivity contribution in [2.45, 2.75) is 13.3 Å². The number of H-pyrrole nitrogens is 1. The monoisotopic (exact) mass is 270 g/mol. The number of anilines is 1. The fraction of sp³-hybridized carbons (Fsp3) is 0.545. The largest absolute Gasteiger partial charge is 0.393 e. The smallest absolute Gasteiger partial charge is 0.252 e. The van der Waals surface area contributed by atoms with Gasteiger partial charge in [-0.2, -0.15) is 0 Å². The fourth-order valence-corrected chi connectivity index (χ4v) is 1.60. The van der Waals surface area contributed by atoms with E-state index >= 15 is 0 Å². The molecule has 0 bridgehead atoms. The van der Waals surface area contributed by atoms with Crippen molar-refractivity contribution in [3.63, 3.8) is 0 Å². The molecule has 0 saturated heterocycles. The highest BCUT2D eigenvalue weighted by molar-refractivity contribution is 7.80. The molecule has 0 radical (unpaired) electrons. The fourth-order valence-electron chi connectivity index (χ4n) is 1.51. The Balaban J connectivity index is 2.85. The van der Waals surface area contributed by atoms with Gasteiger partial charge in [0.1, 0.15) is 11.6 Å². The van der Waals surface area contributed by atoms with Crippen molar-refractivity contribution in [3.05, 3.63) is 22.2 Å². The van der Waals surface area contributed by atoms with Crippen LogP contribution in [0.4, 0.5) is 5.82 Å². The number of aryl methyl sites for hydroxylation is 1. The van der Waals surface area contributed by atoms with E-state index in [1.54, 1.807) is 14.0 Å². The average Bonchev–Trinajstić information content (AvgIpc) is 2.27. The van der Waals surface area contributed by atoms with Gasteiger partial charge in [0.15, 0.2) is 0 Å². The highest BCUT2D eigenvalue weighted by Crippen LogP contribution is 2.08. The first-order valence-electron chi connectivity index (χ1n) is 5.63. The van der Waals surface area contributed by atoms with E-state index in [1.165, 1.54) is 6.07 Å². The lowest BCUT2D eigenvalue weighted by Gasteiger charge is -2.23. The van der Waals surface area contributed by atoms with E-state index in [9.17, 15) is 4.79 Å². The SMILES string of the molecule is COCCN(CCC(N)=S)c1cc(=O)[nH]c(C)n1. The summed E-state index contributed by atoms with van der Waals surface area (Å²) in [4.78, 5) is 20.7. The molecule has 7 heteroatoms. The number of hydrogen-bond acceptors (Lipinski definition) is 5. The zero-order valence-corrected chi connectivity index (χ0v) is 11.4. The molecular weight excluding hydrogens is 252 g/mol. The third kappa shape index (κ3) is 4.80. The molecule has 0 aliphatic heterocycles. The number of aromatic nitrogens is 2. The van der Waals surface area contributed by atoms with Crippen LogP contribution in [0.2, 0.25) is 0 Å². The van der Waals surface area contributed by atoms with Gasteiger partial charge in [0, 0.05) is 32.7 Å². The molecule has 0 aliphatic carbocycles. The first kappa shape index (κ1) is 14.6. The van der Waals surface area contributed by atoms with Gasteiger partial charge in [0.25, 0.3) is 5.56 Å². The van der Waals surface area contributed by atoms with Crippen LogP contribution in [0.15, 0.2) is 10.9 Å². The van der Waals surface area contributed by atoms with Crippen molar-refractivity contribution >= 4 is 23.0 Å². The highest BCUT2D eigenvalue weighted by Gasteiger charge is 2.09. The summed E-state index contributed by atoms with van der Waals surface area (Å²) in [5, 5.41) is 0. The molecule has 0 spiro atoms. The molecule has 0 saturated carbocycles. The topological polar surface area (TPSA) is 84.2 Å². The zero-order chi connectivity index (χ0) is 13.5. The molecule has 1 aromatic heterocycles. The van der Waals surface area contributed by atoms with Crippen molar-refractivity contribution < 1.29 is 4.74 Å². The molecule has 1 aromatic rings. The number of thiocarbonyl (C=S) groups is 1. The average molecular weight is 270 g/mol. The lowest BCUT2D eigenvalue weighted by Crippen LogP contribution is -2.32. The van der Waals surface area contributed by atoms with Gasteiger partial charge in [-0.25, -0.2) is 4.98 Å². The van der Waals surface area contributed by atoms with Crippen LogP contribution < -0.4 is 16.2 Å². The van der Waals surface area contributed by atoms with Crippen LogP contribution in [-0.2, 0) is 4.74 Å². The number of rotatable bonds is 7. The van der Waals surface area contributed by atoms with E-state index in [1.807, 2.05) is 4.90 Å². The van der Waals surface area contributed by atoms with Crippen molar-refractivity contribution in [2.75, 3.05) is 31.7 Å². The van der Waals surface area contributed by atoms with Gasteiger partial charge in [-0.3, -0.25) is 4.79 Å². The van der Waals surface area contributed by atoms with Crippen LogP contribution >= 0.6 is 12.2 Å². The van der Waals surface area contributed by atoms with Gasteiger partial charge in [-0.1, -0.05) is 12.2 Å². The number of aromatic amines is 1. The number of nitrogens with zero attached hydrogens (tertiary/aromatic N) is 2. The van der Waals surface area contributed by atoms with E-state index in [0.717, 1.165) is 0 Å². The predicted octanol–water partition coefficient (Wildman–Crippen LogP) is 0.207. The van der Waals surface area contributed by atoms with Crippen LogP contribution in [0.25, 0.3) is 0 Å². The first-order chi connectivity index (χ1) is 8.52. The standard InChI is InChI=1S/C11H18N4O2S/c1-8-13-10(7-11(16)14-8)15(5-6-17-2)4-3-9(12)18/h7H,3-6H2,1-2H3,(H2,12,18)(H,13,14,16). The summed E-state index contributed by atoms with van der Waals surface area (Å²) >= 11 is 4.86. The van der Waals surface area contributed by atoms with E-state index in [2.05, 4.69) is 9.97 Å². The van der Waals surface area contributed by atoms with Gasteiger partial charge >= 0.3 is 0 Å². The lowest BCUT2D eigenvalue weighted by atomic mass is 10.3. The molecule has 6 nitrogen and oxygen atoms in total. The highest BCUT2D eigenvalue weighted by atomic mass is 32.1. The first-order valence-corrected chi connectivity index (χ1v) is 6.04. The third-order valence-electron chi connectivity index (χ3n) is 2.36. The van der Waals surface area contributed by atoms with E-state index < -0.39 is 0 Å². The van der Waals surface area contributed by atoms with Gasteiger partial charge < -0.3 is 20.4 Å². The van der Waals surface area contributed by atoms with E-state index in [-0.39, 0.29) is 5.56 Å². The molecule has 0 aliphatic rings. The summed E-state index contributed by atoms with van der Waals surface area (Å²) in [5.74, 6) is 1.19. The zero-order valence-electron chi connectivity index (χ0n) is 10.6. The Bertz CT molecular complexity index is 461. The Morgan fingerprint density at radius 2 is 2.33 bits per heavy atom. The molecule has 1 heterocycles. The molecule has 0 unspecified atom stereocenters. The Morgan fingerprint density at radius 1 is 1.61 bits per heavy atom. The molecule has 0 fully saturated rings. The van der Waals surface area contributed by atoms with Gasteiger partial charge in [-0.15, -0.1) is 0 Å². The maximum atomic E-state index is 11.4. The third-order valence-corrected chi connectivity index (χ3v) is 2.57. The predicted molar refractivity (Wildman–Crippen MR) is 75.1 cm³/mol. The van der Waals surface area contributed by atoms with Gasteiger partial charge in [0.2, 0.25) is 0 Å². The van der Waals surface area contributed by atoms with E-state index in [0.29, 0.717) is 42.7 Å². The van der Waals surface area contributed by atoms with Crippen molar-refractivity contribution in [2.24, 2.45) is 5.73 Å². The Kier molecular flexibility index (Phi) is 5.73. The van der Waals surface area contributed by atoms with Crippen LogP contribution in [0.3, 0.4) is 0 Å². The maximum absolute atomic E-state index is 11.4. The maximum Gasteiger partial charge on any atom is 0.252 e. The molecule has 3 N–H and O–H groups in total. The molecule has 100 valence electrons. The van der Waals surface area contributed by atoms with Gasteiger partial charge in [0.05, 0.1) is 11.6 Å². The molecule has 0 amide bonds. The van der Waals surface area contributed by atoms with Crippen molar-refractivity contribution in [1.29, 1.82) is 0 Å². The van der Waals surface area contributed by atoms with Crippen LogP contribution in [0, 0.1) is 6.92 Å². The van der Waals surface area contributed by atoms with Crippen LogP contribution in [-0.4, -0.2) is 41.8 Å². The minimum atomic E-state index is -0.171. The number of hydrogen-bond donors (Lipinski definition) is 2. The second kappa shape index (κ2) is 7.07. The second-order valence-corrected chi connectivity index (χ2v) is 4.41. The van der Waals surface area contributed by atoms with E-state index in [4.69, 9.17) is 22.7 Å². The normalized spacial score (nSPS) is 10.3. The summed E-state index contributed by atoms with van der Waals surface area (Å²) < 4.78 is 5.04. The van der Waals surface area contributed by atoms with Crippen LogP contribution in [0.1, 0.15) is 12.2 Å². The number of methoxy groups -OCH3 is 1. The van der Waals surface area contributed by atoms with Crippen LogP contribution in [0.5, 0.6) is 0 Å².